The molecular weight excluding hydrogens is 154 g/mol. The summed E-state index contributed by atoms with van der Waals surface area (Å²) in [5, 5.41) is 2.57. The van der Waals surface area contributed by atoms with Gasteiger partial charge in [0.2, 0.25) is 0 Å². The SMILES string of the molecule is CCC1(N)CCS2(C)(=CC2)C1. The van der Waals surface area contributed by atoms with Crippen LogP contribution >= 0.6 is 8.75 Å². The zero-order valence-corrected chi connectivity index (χ0v) is 8.41. The van der Waals surface area contributed by atoms with Crippen LogP contribution in [-0.4, -0.2) is 34.4 Å². The summed E-state index contributed by atoms with van der Waals surface area (Å²) in [5.74, 6) is 4.18. The Kier molecular flexibility index (Phi) is 1.24. The maximum atomic E-state index is 6.27. The molecule has 66 valence electrons. The van der Waals surface area contributed by atoms with E-state index in [0.717, 1.165) is 0 Å². The van der Waals surface area contributed by atoms with Crippen LogP contribution in [0, 0.1) is 0 Å². The summed E-state index contributed by atoms with van der Waals surface area (Å²) < 4.78 is 0. The lowest BCUT2D eigenvalue weighted by Gasteiger charge is -2.29. The van der Waals surface area contributed by atoms with E-state index in [0.29, 0.717) is 0 Å². The monoisotopic (exact) mass is 173 g/mol. The molecule has 2 heteroatoms. The van der Waals surface area contributed by atoms with Crippen LogP contribution in [0.2, 0.25) is 0 Å². The molecule has 0 radical (unpaired) electrons. The molecule has 2 N–H and O–H groups in total. The lowest BCUT2D eigenvalue weighted by molar-refractivity contribution is 0.465. The van der Waals surface area contributed by atoms with Gasteiger partial charge in [-0.1, -0.05) is 12.3 Å². The Balaban J connectivity index is 2.23. The third-order valence-electron chi connectivity index (χ3n) is 3.61. The fourth-order valence-electron chi connectivity index (χ4n) is 2.24. The molecule has 1 nitrogen and oxygen atoms in total. The number of hydrogen-bond donors (Lipinski definition) is 1. The zero-order valence-electron chi connectivity index (χ0n) is 7.60. The van der Waals surface area contributed by atoms with Gasteiger partial charge in [0.25, 0.3) is 0 Å². The van der Waals surface area contributed by atoms with Gasteiger partial charge in [-0.2, -0.15) is 0 Å². The average molecular weight is 173 g/mol. The van der Waals surface area contributed by atoms with E-state index < -0.39 is 8.75 Å². The van der Waals surface area contributed by atoms with E-state index in [-0.39, 0.29) is 5.54 Å². The van der Waals surface area contributed by atoms with E-state index in [1.165, 1.54) is 30.1 Å². The second-order valence-corrected chi connectivity index (χ2v) is 10.7. The van der Waals surface area contributed by atoms with Crippen molar-refractivity contribution in [2.45, 2.75) is 25.3 Å². The first kappa shape index (κ1) is 7.81. The van der Waals surface area contributed by atoms with E-state index in [1.54, 1.807) is 0 Å². The predicted octanol–water partition coefficient (Wildman–Crippen LogP) is 1.28. The Morgan fingerprint density at radius 2 is 2.27 bits per heavy atom. The van der Waals surface area contributed by atoms with Gasteiger partial charge in [-0.3, -0.25) is 0 Å². The summed E-state index contributed by atoms with van der Waals surface area (Å²) in [4.78, 5) is 0. The van der Waals surface area contributed by atoms with Crippen LogP contribution in [0.25, 0.3) is 0 Å². The van der Waals surface area contributed by atoms with E-state index in [1.807, 2.05) is 0 Å². The van der Waals surface area contributed by atoms with E-state index in [9.17, 15) is 0 Å². The average Bonchev–Trinajstić information content (AvgIpc) is 2.53. The largest absolute Gasteiger partial charge is 0.324 e. The van der Waals surface area contributed by atoms with Crippen LogP contribution in [0.3, 0.4) is 0 Å². The van der Waals surface area contributed by atoms with Gasteiger partial charge in [-0.05, 0) is 36.4 Å². The summed E-state index contributed by atoms with van der Waals surface area (Å²) in [7, 11) is -0.920. The van der Waals surface area contributed by atoms with Crippen molar-refractivity contribution >= 4 is 14.1 Å². The summed E-state index contributed by atoms with van der Waals surface area (Å²) in [6.45, 7) is 2.23. The van der Waals surface area contributed by atoms with Crippen LogP contribution in [0.1, 0.15) is 19.8 Å². The topological polar surface area (TPSA) is 26.0 Å². The molecule has 2 rings (SSSR count). The number of rotatable bonds is 1. The lowest BCUT2D eigenvalue weighted by Crippen LogP contribution is -2.39. The summed E-state index contributed by atoms with van der Waals surface area (Å²) in [6.07, 6.45) is 4.95. The first-order chi connectivity index (χ1) is 4.98. The highest BCUT2D eigenvalue weighted by Crippen LogP contribution is 2.70. The van der Waals surface area contributed by atoms with Crippen molar-refractivity contribution < 1.29 is 0 Å². The lowest BCUT2D eigenvalue weighted by atomic mass is 9.98. The summed E-state index contributed by atoms with van der Waals surface area (Å²) >= 11 is 0. The van der Waals surface area contributed by atoms with Gasteiger partial charge < -0.3 is 5.73 Å². The van der Waals surface area contributed by atoms with Crippen molar-refractivity contribution in [3.05, 3.63) is 0 Å². The molecule has 1 atom stereocenters. The highest BCUT2D eigenvalue weighted by atomic mass is 32.3. The molecule has 1 saturated heterocycles. The van der Waals surface area contributed by atoms with E-state index in [2.05, 4.69) is 18.5 Å². The zero-order chi connectivity index (χ0) is 8.19. The number of hydrogen-bond acceptors (Lipinski definition) is 1. The molecule has 2 aliphatic rings. The molecule has 0 saturated carbocycles. The molecule has 2 aliphatic heterocycles. The van der Waals surface area contributed by atoms with Crippen molar-refractivity contribution in [1.82, 2.24) is 0 Å². The molecule has 0 aromatic heterocycles. The van der Waals surface area contributed by atoms with Crippen molar-refractivity contribution in [2.75, 3.05) is 23.5 Å². The fraction of sp³-hybridized carbons (Fsp3) is 0.889. The molecule has 1 unspecified atom stereocenters. The second kappa shape index (κ2) is 1.74. The van der Waals surface area contributed by atoms with Gasteiger partial charge >= 0.3 is 0 Å². The smallest absolute Gasteiger partial charge is 0.0232 e. The molecule has 0 aliphatic carbocycles. The Bertz CT molecular complexity index is 269. The molecule has 0 bridgehead atoms. The molecule has 11 heavy (non-hydrogen) atoms. The van der Waals surface area contributed by atoms with Crippen molar-refractivity contribution in [3.63, 3.8) is 0 Å². The maximum absolute atomic E-state index is 6.27. The van der Waals surface area contributed by atoms with Crippen molar-refractivity contribution in [2.24, 2.45) is 5.73 Å². The van der Waals surface area contributed by atoms with Gasteiger partial charge in [0.1, 0.15) is 0 Å². The number of nitrogens with two attached hydrogens (primary N) is 1. The first-order valence-electron chi connectivity index (χ1n) is 4.47. The van der Waals surface area contributed by atoms with Gasteiger partial charge in [0.05, 0.1) is 0 Å². The molecule has 0 aromatic rings. The van der Waals surface area contributed by atoms with Gasteiger partial charge in [0.15, 0.2) is 0 Å². The summed E-state index contributed by atoms with van der Waals surface area (Å²) in [5.41, 5.74) is 6.48. The van der Waals surface area contributed by atoms with Gasteiger partial charge in [-0.25, -0.2) is 8.75 Å². The van der Waals surface area contributed by atoms with Gasteiger partial charge in [-0.15, -0.1) is 0 Å². The quantitative estimate of drug-likeness (QED) is 0.594. The third-order valence-corrected chi connectivity index (χ3v) is 8.41. The molecule has 1 fully saturated rings. The molecule has 2 heterocycles. The fourth-order valence-corrected chi connectivity index (χ4v) is 7.35. The highest BCUT2D eigenvalue weighted by Gasteiger charge is 2.48. The van der Waals surface area contributed by atoms with Crippen LogP contribution in [0.4, 0.5) is 0 Å². The molecular formula is C9H19NS. The minimum Gasteiger partial charge on any atom is -0.324 e. The van der Waals surface area contributed by atoms with Crippen LogP contribution < -0.4 is 5.73 Å². The highest BCUT2D eigenvalue weighted by molar-refractivity contribution is 8.53. The third kappa shape index (κ3) is 1.07. The molecule has 1 spiro atoms. The Hall–Kier alpha value is 0.180. The second-order valence-electron chi connectivity index (χ2n) is 4.86. The van der Waals surface area contributed by atoms with Crippen molar-refractivity contribution in [1.29, 1.82) is 0 Å². The standard InChI is InChI=1S/C9H19NS/c1-3-9(10)4-5-11(2,8-9)6-7-11/h6H,3-5,7-8,10H2,1-2H3. The predicted molar refractivity (Wildman–Crippen MR) is 56.0 cm³/mol. The normalized spacial score (nSPS) is 47.7. The van der Waals surface area contributed by atoms with Gasteiger partial charge in [0, 0.05) is 5.54 Å². The molecule has 0 amide bonds. The minimum atomic E-state index is -0.920. The van der Waals surface area contributed by atoms with Crippen LogP contribution in [-0.2, 0) is 0 Å². The Morgan fingerprint density at radius 1 is 1.64 bits per heavy atom. The van der Waals surface area contributed by atoms with Crippen LogP contribution in [0.5, 0.6) is 0 Å². The Labute approximate surface area is 69.2 Å². The van der Waals surface area contributed by atoms with E-state index in [4.69, 9.17) is 5.73 Å². The minimum absolute atomic E-state index is 0.212. The van der Waals surface area contributed by atoms with Crippen LogP contribution in [0.15, 0.2) is 0 Å². The Morgan fingerprint density at radius 3 is 2.55 bits per heavy atom. The van der Waals surface area contributed by atoms with E-state index >= 15 is 0 Å². The molecule has 0 aromatic carbocycles. The maximum Gasteiger partial charge on any atom is 0.0232 e. The first-order valence-corrected chi connectivity index (χ1v) is 7.49. The summed E-state index contributed by atoms with van der Waals surface area (Å²) in [6, 6.07) is 0. The van der Waals surface area contributed by atoms with Crippen molar-refractivity contribution in [3.8, 4) is 0 Å².